The molecule has 9 nitrogen and oxygen atoms in total. The van der Waals surface area contributed by atoms with Crippen molar-refractivity contribution in [2.45, 2.75) is 43.1 Å². The lowest BCUT2D eigenvalue weighted by atomic mass is 10.1. The number of aromatic nitrogens is 2. The molecule has 0 atom stereocenters. The molecule has 39 heavy (non-hydrogen) atoms. The minimum absolute atomic E-state index is 0.0515. The molecule has 0 unspecified atom stereocenters. The van der Waals surface area contributed by atoms with Crippen molar-refractivity contribution >= 4 is 32.6 Å². The fourth-order valence-corrected chi connectivity index (χ4v) is 5.37. The minimum atomic E-state index is -3.57. The number of rotatable bonds is 8. The summed E-state index contributed by atoms with van der Waals surface area (Å²) < 4.78 is 63.0. The van der Waals surface area contributed by atoms with Crippen molar-refractivity contribution in [3.63, 3.8) is 0 Å². The molecule has 2 aliphatic rings. The normalized spacial score (nSPS) is 15.5. The van der Waals surface area contributed by atoms with Crippen LogP contribution in [0, 0.1) is 11.3 Å². The molecule has 0 saturated carbocycles. The molecule has 1 N–H and O–H groups in total. The number of sulfone groups is 1. The van der Waals surface area contributed by atoms with Gasteiger partial charge in [0.15, 0.2) is 21.3 Å². The lowest BCUT2D eigenvalue weighted by molar-refractivity contribution is 0.0253. The van der Waals surface area contributed by atoms with Gasteiger partial charge < -0.3 is 14.8 Å². The molecule has 2 aliphatic heterocycles. The second-order valence-electron chi connectivity index (χ2n) is 9.30. The lowest BCUT2D eigenvalue weighted by Gasteiger charge is -2.23. The Kier molecular flexibility index (Phi) is 7.54. The Bertz CT molecular complexity index is 1580. The summed E-state index contributed by atoms with van der Waals surface area (Å²) in [5.41, 5.74) is 2.09. The summed E-state index contributed by atoms with van der Waals surface area (Å²) in [6.45, 7) is 1.20. The molecular formula is C27H25F2N5O4S. The second-order valence-corrected chi connectivity index (χ2v) is 11.3. The molecule has 5 rings (SSSR count). The van der Waals surface area contributed by atoms with Crippen molar-refractivity contribution in [2.24, 2.45) is 4.99 Å². The van der Waals surface area contributed by atoms with E-state index >= 15 is 0 Å². The molecule has 1 fully saturated rings. The molecule has 1 saturated heterocycles. The number of aliphatic imine (C=N–C) groups is 1. The van der Waals surface area contributed by atoms with Crippen LogP contribution >= 0.6 is 0 Å². The number of nitriles is 1. The van der Waals surface area contributed by atoms with E-state index in [1.54, 1.807) is 36.4 Å². The Morgan fingerprint density at radius 3 is 2.62 bits per heavy atom. The zero-order valence-corrected chi connectivity index (χ0v) is 21.8. The van der Waals surface area contributed by atoms with Gasteiger partial charge in [-0.25, -0.2) is 27.2 Å². The Balaban J connectivity index is 1.46. The zero-order valence-electron chi connectivity index (χ0n) is 21.0. The van der Waals surface area contributed by atoms with Gasteiger partial charge in [-0.15, -0.1) is 0 Å². The minimum Gasteiger partial charge on any atom is -0.487 e. The van der Waals surface area contributed by atoms with Crippen molar-refractivity contribution in [3.8, 4) is 11.8 Å². The molecule has 0 spiro atoms. The number of nitrogens with zero attached hydrogens (tertiary/aromatic N) is 4. The Labute approximate surface area is 224 Å². The van der Waals surface area contributed by atoms with Gasteiger partial charge in [0, 0.05) is 43.3 Å². The van der Waals surface area contributed by atoms with Gasteiger partial charge >= 0.3 is 0 Å². The highest BCUT2D eigenvalue weighted by Gasteiger charge is 2.27. The Morgan fingerprint density at radius 2 is 1.90 bits per heavy atom. The summed E-state index contributed by atoms with van der Waals surface area (Å²) >= 11 is 0. The van der Waals surface area contributed by atoms with Gasteiger partial charge in [0.1, 0.15) is 17.9 Å². The molecule has 2 aromatic heterocycles. The number of fused-ring (bicyclic) bond motifs is 1. The second kappa shape index (κ2) is 11.0. The average molecular weight is 554 g/mol. The predicted octanol–water partition coefficient (Wildman–Crippen LogP) is 4.54. The van der Waals surface area contributed by atoms with E-state index in [4.69, 9.17) is 9.47 Å². The Morgan fingerprint density at radius 1 is 1.13 bits per heavy atom. The van der Waals surface area contributed by atoms with Gasteiger partial charge in [0.25, 0.3) is 6.43 Å². The highest BCUT2D eigenvalue weighted by Crippen LogP contribution is 2.38. The summed E-state index contributed by atoms with van der Waals surface area (Å²) in [6.07, 6.45) is -0.175. The van der Waals surface area contributed by atoms with Crippen LogP contribution in [0.1, 0.15) is 35.6 Å². The molecule has 1 aromatic carbocycles. The molecule has 202 valence electrons. The number of alkyl halides is 2. The maximum Gasteiger partial charge on any atom is 0.277 e. The van der Waals surface area contributed by atoms with Crippen LogP contribution in [0.25, 0.3) is 0 Å². The van der Waals surface area contributed by atoms with Crippen molar-refractivity contribution in [1.82, 2.24) is 9.97 Å². The monoisotopic (exact) mass is 553 g/mol. The van der Waals surface area contributed by atoms with Crippen molar-refractivity contribution in [2.75, 3.05) is 24.8 Å². The van der Waals surface area contributed by atoms with Crippen LogP contribution in [-0.2, 0) is 27.4 Å². The first kappa shape index (κ1) is 26.6. The van der Waals surface area contributed by atoms with Gasteiger partial charge in [-0.3, -0.25) is 4.98 Å². The van der Waals surface area contributed by atoms with Crippen LogP contribution in [0.2, 0.25) is 0 Å². The first-order valence-corrected chi connectivity index (χ1v) is 14.2. The number of anilines is 2. The van der Waals surface area contributed by atoms with E-state index in [9.17, 15) is 22.5 Å². The highest BCUT2D eigenvalue weighted by molar-refractivity contribution is 7.90. The van der Waals surface area contributed by atoms with Gasteiger partial charge in [-0.2, -0.15) is 5.26 Å². The number of ether oxygens (including phenoxy) is 2. The third kappa shape index (κ3) is 6.05. The quantitative estimate of drug-likeness (QED) is 0.431. The summed E-state index contributed by atoms with van der Waals surface area (Å²) in [6, 6.07) is 13.5. The SMILES string of the molecule is CS(=O)(=O)c1ccccc1Nc1cc(Cc2ccc(OC3CCOCC3)c(C#N)n2)nc2c1N=C(C(F)F)C2. The van der Waals surface area contributed by atoms with Gasteiger partial charge in [-0.05, 0) is 30.3 Å². The topological polar surface area (TPSA) is 127 Å². The zero-order chi connectivity index (χ0) is 27.6. The number of pyridine rings is 2. The number of para-hydroxylation sites is 1. The summed E-state index contributed by atoms with van der Waals surface area (Å²) in [7, 11) is -3.57. The first-order chi connectivity index (χ1) is 18.7. The third-order valence-electron chi connectivity index (χ3n) is 6.38. The van der Waals surface area contributed by atoms with Gasteiger partial charge in [0.05, 0.1) is 40.9 Å². The van der Waals surface area contributed by atoms with E-state index in [-0.39, 0.29) is 40.9 Å². The fraction of sp³-hybridized carbons (Fsp3) is 0.333. The fourth-order valence-electron chi connectivity index (χ4n) is 4.52. The number of hydrogen-bond acceptors (Lipinski definition) is 9. The van der Waals surface area contributed by atoms with Crippen molar-refractivity contribution in [1.29, 1.82) is 5.26 Å². The maximum absolute atomic E-state index is 13.5. The Hall–Kier alpha value is -3.95. The van der Waals surface area contributed by atoms with E-state index < -0.39 is 16.3 Å². The largest absolute Gasteiger partial charge is 0.487 e. The predicted molar refractivity (Wildman–Crippen MR) is 140 cm³/mol. The molecule has 0 amide bonds. The summed E-state index contributed by atoms with van der Waals surface area (Å²) in [5.74, 6) is 0.393. The van der Waals surface area contributed by atoms with Gasteiger partial charge in [-0.1, -0.05) is 12.1 Å². The average Bonchev–Trinajstić information content (AvgIpc) is 3.35. The molecule has 0 radical (unpaired) electrons. The van der Waals surface area contributed by atoms with Gasteiger partial charge in [0.2, 0.25) is 0 Å². The van der Waals surface area contributed by atoms with Crippen molar-refractivity contribution in [3.05, 3.63) is 65.2 Å². The number of hydrogen-bond donors (Lipinski definition) is 1. The molecular weight excluding hydrogens is 528 g/mol. The van der Waals surface area contributed by atoms with Crippen LogP contribution in [0.3, 0.4) is 0 Å². The van der Waals surface area contributed by atoms with Crippen LogP contribution in [0.4, 0.5) is 25.8 Å². The van der Waals surface area contributed by atoms with E-state index in [1.807, 2.05) is 0 Å². The van der Waals surface area contributed by atoms with E-state index in [0.717, 1.165) is 19.1 Å². The molecule has 0 aliphatic carbocycles. The third-order valence-corrected chi connectivity index (χ3v) is 7.53. The molecule has 4 heterocycles. The highest BCUT2D eigenvalue weighted by atomic mass is 32.2. The van der Waals surface area contributed by atoms with Crippen LogP contribution in [0.5, 0.6) is 5.75 Å². The van der Waals surface area contributed by atoms with E-state index in [0.29, 0.717) is 47.4 Å². The van der Waals surface area contributed by atoms with Crippen LogP contribution in [0.15, 0.2) is 52.4 Å². The number of nitrogens with one attached hydrogen (secondary N) is 1. The number of halogens is 2. The lowest BCUT2D eigenvalue weighted by Crippen LogP contribution is -2.26. The molecule has 12 heteroatoms. The molecule has 3 aromatic rings. The van der Waals surface area contributed by atoms with E-state index in [2.05, 4.69) is 26.3 Å². The van der Waals surface area contributed by atoms with Crippen molar-refractivity contribution < 1.29 is 26.7 Å². The first-order valence-electron chi connectivity index (χ1n) is 12.3. The van der Waals surface area contributed by atoms with Crippen LogP contribution < -0.4 is 10.1 Å². The van der Waals surface area contributed by atoms with Crippen LogP contribution in [-0.4, -0.2) is 56.1 Å². The summed E-state index contributed by atoms with van der Waals surface area (Å²) in [5, 5.41) is 12.7. The maximum atomic E-state index is 13.5. The molecule has 0 bridgehead atoms. The number of benzene rings is 1. The van der Waals surface area contributed by atoms with E-state index in [1.165, 1.54) is 6.07 Å². The summed E-state index contributed by atoms with van der Waals surface area (Å²) in [4.78, 5) is 13.1. The smallest absolute Gasteiger partial charge is 0.277 e. The standard InChI is InChI=1S/C27H25F2N5O4S/c1-39(35,36)25-5-3-2-4-19(25)33-20-13-17(32-21-14-22(27(28)29)34-26(20)21)12-16-6-7-24(23(15-30)31-16)38-18-8-10-37-11-9-18/h2-7,13,18,27H,8-12,14H2,1H3,(H,32,33).